The molecule has 0 saturated heterocycles. The number of hydrogen-bond acceptors (Lipinski definition) is 3. The molecule has 4 nitrogen and oxygen atoms in total. The summed E-state index contributed by atoms with van der Waals surface area (Å²) in [6.07, 6.45) is 0.542. The van der Waals surface area contributed by atoms with E-state index < -0.39 is 5.97 Å². The molecular weight excluding hydrogens is 431 g/mol. The van der Waals surface area contributed by atoms with Crippen LogP contribution in [-0.4, -0.2) is 18.2 Å². The Labute approximate surface area is 201 Å². The lowest BCUT2D eigenvalue weighted by Gasteiger charge is -2.30. The minimum absolute atomic E-state index is 0.0257. The van der Waals surface area contributed by atoms with E-state index in [1.807, 2.05) is 36.4 Å². The summed E-state index contributed by atoms with van der Waals surface area (Å²) in [6.45, 7) is 9.04. The van der Waals surface area contributed by atoms with E-state index in [0.29, 0.717) is 30.1 Å². The largest absolute Gasteiger partial charge is 0.497 e. The standard InChI is InChI=1S/C29H33FO4/c1-19(29(2,3)4)25-16-21(9-12-24(25)26-17-22(33-5)11-13-27(26)30)18-34-23-8-6-7-20(15-23)10-14-28(31)32/h6-9,11-13,15-17,19H,10,14,18H2,1-5H3,(H,31,32)/t19-/m1/s1. The molecule has 1 atom stereocenters. The highest BCUT2D eigenvalue weighted by atomic mass is 19.1. The summed E-state index contributed by atoms with van der Waals surface area (Å²) in [5.41, 5.74) is 4.29. The van der Waals surface area contributed by atoms with E-state index in [-0.39, 0.29) is 23.6 Å². The highest BCUT2D eigenvalue weighted by Gasteiger charge is 2.25. The summed E-state index contributed by atoms with van der Waals surface area (Å²) in [5.74, 6) is 0.356. The van der Waals surface area contributed by atoms with E-state index in [9.17, 15) is 9.18 Å². The van der Waals surface area contributed by atoms with Gasteiger partial charge in [-0.2, -0.15) is 0 Å². The van der Waals surface area contributed by atoms with E-state index in [0.717, 1.165) is 22.3 Å². The fraction of sp³-hybridized carbons (Fsp3) is 0.345. The molecule has 0 aliphatic heterocycles. The van der Waals surface area contributed by atoms with Gasteiger partial charge in [0.05, 0.1) is 7.11 Å². The van der Waals surface area contributed by atoms with Gasteiger partial charge in [0, 0.05) is 12.0 Å². The third kappa shape index (κ3) is 6.37. The van der Waals surface area contributed by atoms with Crippen LogP contribution in [0.25, 0.3) is 11.1 Å². The Balaban J connectivity index is 1.91. The lowest BCUT2D eigenvalue weighted by atomic mass is 9.75. The average Bonchev–Trinajstić information content (AvgIpc) is 2.81. The number of halogens is 1. The summed E-state index contributed by atoms with van der Waals surface area (Å²) >= 11 is 0. The first kappa shape index (κ1) is 25.3. The average molecular weight is 465 g/mol. The van der Waals surface area contributed by atoms with Crippen LogP contribution in [0.1, 0.15) is 56.7 Å². The van der Waals surface area contributed by atoms with Crippen LogP contribution in [0, 0.1) is 11.2 Å². The second kappa shape index (κ2) is 10.7. The molecule has 180 valence electrons. The van der Waals surface area contributed by atoms with Gasteiger partial charge in [-0.15, -0.1) is 0 Å². The molecule has 3 aromatic rings. The summed E-state index contributed by atoms with van der Waals surface area (Å²) in [6, 6.07) is 18.3. The summed E-state index contributed by atoms with van der Waals surface area (Å²) in [7, 11) is 1.58. The minimum atomic E-state index is -0.820. The van der Waals surface area contributed by atoms with Crippen molar-refractivity contribution in [1.29, 1.82) is 0 Å². The van der Waals surface area contributed by atoms with Crippen LogP contribution in [0.4, 0.5) is 4.39 Å². The monoisotopic (exact) mass is 464 g/mol. The number of hydrogen-bond donors (Lipinski definition) is 1. The number of benzene rings is 3. The maximum absolute atomic E-state index is 14.8. The van der Waals surface area contributed by atoms with Crippen molar-refractivity contribution in [2.75, 3.05) is 7.11 Å². The van der Waals surface area contributed by atoms with Crippen molar-refractivity contribution in [3.8, 4) is 22.6 Å². The number of carboxylic acid groups (broad SMARTS) is 1. The molecule has 5 heteroatoms. The zero-order valence-electron chi connectivity index (χ0n) is 20.5. The number of carbonyl (C=O) groups is 1. The quantitative estimate of drug-likeness (QED) is 0.362. The van der Waals surface area contributed by atoms with Gasteiger partial charge >= 0.3 is 5.97 Å². The van der Waals surface area contributed by atoms with E-state index in [1.54, 1.807) is 19.2 Å². The first-order valence-electron chi connectivity index (χ1n) is 11.5. The highest BCUT2D eigenvalue weighted by Crippen LogP contribution is 2.41. The van der Waals surface area contributed by atoms with Crippen molar-refractivity contribution in [2.45, 2.75) is 53.1 Å². The van der Waals surface area contributed by atoms with Crippen molar-refractivity contribution < 1.29 is 23.8 Å². The van der Waals surface area contributed by atoms with E-state index >= 15 is 0 Å². The van der Waals surface area contributed by atoms with Gasteiger partial charge in [-0.25, -0.2) is 4.39 Å². The normalized spacial score (nSPS) is 12.3. The van der Waals surface area contributed by atoms with E-state index in [4.69, 9.17) is 14.6 Å². The first-order chi connectivity index (χ1) is 16.1. The lowest BCUT2D eigenvalue weighted by Crippen LogP contribution is -2.16. The van der Waals surface area contributed by atoms with Gasteiger partial charge in [-0.3, -0.25) is 4.79 Å². The molecule has 1 N–H and O–H groups in total. The number of ether oxygens (including phenoxy) is 2. The number of aryl methyl sites for hydroxylation is 1. The summed E-state index contributed by atoms with van der Waals surface area (Å²) < 4.78 is 26.2. The maximum Gasteiger partial charge on any atom is 0.303 e. The first-order valence-corrected chi connectivity index (χ1v) is 11.5. The van der Waals surface area contributed by atoms with Crippen molar-refractivity contribution in [2.24, 2.45) is 5.41 Å². The van der Waals surface area contributed by atoms with Gasteiger partial charge in [0.1, 0.15) is 23.9 Å². The van der Waals surface area contributed by atoms with Crippen LogP contribution in [0.2, 0.25) is 0 Å². The Bertz CT molecular complexity index is 1150. The summed E-state index contributed by atoms with van der Waals surface area (Å²) in [5, 5.41) is 8.91. The summed E-state index contributed by atoms with van der Waals surface area (Å²) in [4.78, 5) is 10.9. The topological polar surface area (TPSA) is 55.8 Å². The SMILES string of the molecule is COc1ccc(F)c(-c2ccc(COc3cccc(CCC(=O)O)c3)cc2[C@@H](C)C(C)(C)C)c1. The molecule has 34 heavy (non-hydrogen) atoms. The van der Waals surface area contributed by atoms with E-state index in [2.05, 4.69) is 33.8 Å². The van der Waals surface area contributed by atoms with Gasteiger partial charge in [0.15, 0.2) is 0 Å². The molecule has 0 radical (unpaired) electrons. The molecule has 3 rings (SSSR count). The Kier molecular flexibility index (Phi) is 7.98. The number of aliphatic carboxylic acids is 1. The van der Waals surface area contributed by atoms with Crippen LogP contribution in [0.3, 0.4) is 0 Å². The smallest absolute Gasteiger partial charge is 0.303 e. The fourth-order valence-electron chi connectivity index (χ4n) is 3.82. The van der Waals surface area contributed by atoms with Gasteiger partial charge in [-0.1, -0.05) is 58.0 Å². The lowest BCUT2D eigenvalue weighted by molar-refractivity contribution is -0.136. The molecule has 0 bridgehead atoms. The van der Waals surface area contributed by atoms with Crippen LogP contribution in [0.5, 0.6) is 11.5 Å². The minimum Gasteiger partial charge on any atom is -0.497 e. The number of rotatable bonds is 9. The predicted molar refractivity (Wildman–Crippen MR) is 133 cm³/mol. The van der Waals surface area contributed by atoms with Crippen LogP contribution in [-0.2, 0) is 17.8 Å². The molecule has 0 heterocycles. The molecule has 0 spiro atoms. The second-order valence-corrected chi connectivity index (χ2v) is 9.68. The van der Waals surface area contributed by atoms with E-state index in [1.165, 1.54) is 6.07 Å². The molecule has 0 unspecified atom stereocenters. The third-order valence-electron chi connectivity index (χ3n) is 6.28. The van der Waals surface area contributed by atoms with Crippen molar-refractivity contribution in [3.63, 3.8) is 0 Å². The fourth-order valence-corrected chi connectivity index (χ4v) is 3.82. The zero-order chi connectivity index (χ0) is 24.9. The third-order valence-corrected chi connectivity index (χ3v) is 6.28. The number of carboxylic acids is 1. The second-order valence-electron chi connectivity index (χ2n) is 9.68. The molecular formula is C29H33FO4. The van der Waals surface area contributed by atoms with Crippen molar-refractivity contribution >= 4 is 5.97 Å². The van der Waals surface area contributed by atoms with Crippen molar-refractivity contribution in [3.05, 3.63) is 83.2 Å². The van der Waals surface area contributed by atoms with Crippen LogP contribution >= 0.6 is 0 Å². The molecule has 0 aromatic heterocycles. The Hall–Kier alpha value is -3.34. The zero-order valence-corrected chi connectivity index (χ0v) is 20.5. The number of methoxy groups -OCH3 is 1. The predicted octanol–water partition coefficient (Wildman–Crippen LogP) is 7.25. The van der Waals surface area contributed by atoms with Crippen LogP contribution in [0.15, 0.2) is 60.7 Å². The Morgan fingerprint density at radius 1 is 0.971 bits per heavy atom. The molecule has 0 amide bonds. The highest BCUT2D eigenvalue weighted by molar-refractivity contribution is 5.71. The van der Waals surface area contributed by atoms with Gasteiger partial charge in [-0.05, 0) is 70.3 Å². The van der Waals surface area contributed by atoms with Gasteiger partial charge in [0.2, 0.25) is 0 Å². The molecule has 0 fully saturated rings. The van der Waals surface area contributed by atoms with Gasteiger partial charge in [0.25, 0.3) is 0 Å². The molecule has 0 saturated carbocycles. The van der Waals surface area contributed by atoms with Gasteiger partial charge < -0.3 is 14.6 Å². The Morgan fingerprint density at radius 3 is 2.41 bits per heavy atom. The molecule has 0 aliphatic rings. The molecule has 3 aromatic carbocycles. The molecule has 0 aliphatic carbocycles. The van der Waals surface area contributed by atoms with Crippen LogP contribution < -0.4 is 9.47 Å². The maximum atomic E-state index is 14.8. The Morgan fingerprint density at radius 2 is 1.74 bits per heavy atom. The van der Waals surface area contributed by atoms with Crippen molar-refractivity contribution in [1.82, 2.24) is 0 Å².